The van der Waals surface area contributed by atoms with Crippen molar-refractivity contribution in [3.8, 4) is 0 Å². The Hall–Kier alpha value is -0.499. The number of hydrogen-bond acceptors (Lipinski definition) is 6. The molecule has 0 aromatic carbocycles. The predicted molar refractivity (Wildman–Crippen MR) is 111 cm³/mol. The van der Waals surface area contributed by atoms with Crippen LogP contribution in [0.1, 0.15) is 0 Å². The third-order valence-electron chi connectivity index (χ3n) is 3.25. The summed E-state index contributed by atoms with van der Waals surface area (Å²) in [5.74, 6) is 0. The summed E-state index contributed by atoms with van der Waals surface area (Å²) < 4.78 is 35.7. The van der Waals surface area contributed by atoms with Crippen molar-refractivity contribution in [2.45, 2.75) is 0 Å². The maximum atomic E-state index is 6.32. The lowest BCUT2D eigenvalue weighted by molar-refractivity contribution is 0.298. The molecule has 0 aliphatic carbocycles. The van der Waals surface area contributed by atoms with Gasteiger partial charge >= 0.3 is 25.7 Å². The van der Waals surface area contributed by atoms with Crippen LogP contribution in [0.25, 0.3) is 0 Å². The lowest BCUT2D eigenvalue weighted by atomic mass is 11.2. The molecule has 0 aromatic rings. The number of hydrogen-bond donors (Lipinski definition) is 0. The molecule has 1 aliphatic rings. The van der Waals surface area contributed by atoms with Gasteiger partial charge in [-0.05, 0) is 34.2 Å². The van der Waals surface area contributed by atoms with Crippen LogP contribution in [-0.4, -0.2) is 55.7 Å². The Morgan fingerprint density at radius 3 is 1.12 bits per heavy atom. The minimum absolute atomic E-state index is 1.14. The zero-order valence-electron chi connectivity index (χ0n) is 13.8. The van der Waals surface area contributed by atoms with E-state index in [1.165, 1.54) is 0 Å². The Balaban J connectivity index is 3.32. The summed E-state index contributed by atoms with van der Waals surface area (Å²) in [5, 5.41) is 0. The lowest BCUT2D eigenvalue weighted by Gasteiger charge is -2.39. The first kappa shape index (κ1) is 21.5. The van der Waals surface area contributed by atoms with E-state index in [2.05, 4.69) is 39.5 Å². The highest BCUT2D eigenvalue weighted by Crippen LogP contribution is 2.26. The van der Waals surface area contributed by atoms with Crippen molar-refractivity contribution in [1.82, 2.24) is 0 Å². The third-order valence-corrected chi connectivity index (χ3v) is 19.0. The lowest BCUT2D eigenvalue weighted by Crippen LogP contribution is -2.59. The van der Waals surface area contributed by atoms with Gasteiger partial charge in [0.2, 0.25) is 0 Å². The molecule has 24 heavy (non-hydrogen) atoms. The first-order valence-electron chi connectivity index (χ1n) is 7.14. The molecule has 0 N–H and O–H groups in total. The zero-order valence-corrected chi connectivity index (χ0v) is 21.0. The van der Waals surface area contributed by atoms with Crippen molar-refractivity contribution in [2.24, 2.45) is 0 Å². The van der Waals surface area contributed by atoms with E-state index in [4.69, 9.17) is 24.7 Å². The van der Waals surface area contributed by atoms with Gasteiger partial charge in [-0.15, -0.1) is 39.5 Å². The van der Waals surface area contributed by atoms with Crippen LogP contribution in [0.4, 0.5) is 0 Å². The smallest absolute Gasteiger partial charge is 0.374 e. The molecule has 0 spiro atoms. The van der Waals surface area contributed by atoms with Crippen LogP contribution in [0.2, 0.25) is 0 Å². The van der Waals surface area contributed by atoms with E-state index in [0.717, 1.165) is 0 Å². The SMILES string of the molecule is C=C[Si]1(C=C)O[SiH2]O[SiH2]O[SiH2]O[Si](C=C)(C=C)O[Si](C=C)(C=C)O1. The van der Waals surface area contributed by atoms with Crippen LogP contribution >= 0.6 is 0 Å². The van der Waals surface area contributed by atoms with Crippen molar-refractivity contribution >= 4 is 55.7 Å². The monoisotopic (exact) mass is 432 g/mol. The Kier molecular flexibility index (Phi) is 8.84. The van der Waals surface area contributed by atoms with Gasteiger partial charge in [0.15, 0.2) is 0 Å². The molecule has 0 saturated carbocycles. The van der Waals surface area contributed by atoms with Crippen molar-refractivity contribution in [3.05, 3.63) is 73.7 Å². The van der Waals surface area contributed by atoms with Crippen LogP contribution in [0.5, 0.6) is 0 Å². The minimum Gasteiger partial charge on any atom is -0.425 e. The van der Waals surface area contributed by atoms with Crippen molar-refractivity contribution in [1.29, 1.82) is 0 Å². The molecule has 0 radical (unpaired) electrons. The van der Waals surface area contributed by atoms with Gasteiger partial charge in [0.05, 0.1) is 0 Å². The van der Waals surface area contributed by atoms with E-state index in [0.29, 0.717) is 0 Å². The fourth-order valence-electron chi connectivity index (χ4n) is 1.79. The quantitative estimate of drug-likeness (QED) is 0.541. The van der Waals surface area contributed by atoms with Gasteiger partial charge in [-0.1, -0.05) is 0 Å². The Morgan fingerprint density at radius 2 is 0.833 bits per heavy atom. The van der Waals surface area contributed by atoms with Gasteiger partial charge in [0, 0.05) is 0 Å². The van der Waals surface area contributed by atoms with Gasteiger partial charge in [-0.2, -0.15) is 0 Å². The van der Waals surface area contributed by atoms with Crippen molar-refractivity contribution in [3.63, 3.8) is 0 Å². The van der Waals surface area contributed by atoms with Gasteiger partial charge in [0.25, 0.3) is 30.0 Å². The molecule has 1 fully saturated rings. The normalized spacial score (nSPS) is 26.5. The summed E-state index contributed by atoms with van der Waals surface area (Å²) in [6.45, 7) is 23.1. The maximum Gasteiger partial charge on any atom is 0.374 e. The maximum absolute atomic E-state index is 6.32. The van der Waals surface area contributed by atoms with Crippen molar-refractivity contribution in [2.75, 3.05) is 0 Å². The molecule has 0 aromatic heterocycles. The van der Waals surface area contributed by atoms with E-state index in [1.54, 1.807) is 34.2 Å². The average Bonchev–Trinajstić information content (AvgIpc) is 2.63. The Labute approximate surface area is 154 Å². The Bertz CT molecular complexity index is 452. The summed E-state index contributed by atoms with van der Waals surface area (Å²) in [7, 11) is -12.7. The number of rotatable bonds is 6. The molecule has 0 amide bonds. The fourth-order valence-corrected chi connectivity index (χ4v) is 18.6. The summed E-state index contributed by atoms with van der Waals surface area (Å²) >= 11 is 0. The summed E-state index contributed by atoms with van der Waals surface area (Å²) in [6, 6.07) is 0. The van der Waals surface area contributed by atoms with Gasteiger partial charge in [0.1, 0.15) is 0 Å². The highest BCUT2D eigenvalue weighted by Gasteiger charge is 2.48. The van der Waals surface area contributed by atoms with Crippen LogP contribution in [0, 0.1) is 0 Å². The summed E-state index contributed by atoms with van der Waals surface area (Å²) in [5.41, 5.74) is 9.82. The molecule has 132 valence electrons. The first-order chi connectivity index (χ1) is 11.5. The van der Waals surface area contributed by atoms with Crippen molar-refractivity contribution < 1.29 is 24.7 Å². The molecule has 0 unspecified atom stereocenters. The second-order valence-corrected chi connectivity index (χ2v) is 19.3. The fraction of sp³-hybridized carbons (Fsp3) is 0. The zero-order chi connectivity index (χ0) is 18.1. The van der Waals surface area contributed by atoms with Gasteiger partial charge < -0.3 is 24.7 Å². The predicted octanol–water partition coefficient (Wildman–Crippen LogP) is -0.226. The highest BCUT2D eigenvalue weighted by molar-refractivity contribution is 6.97. The third kappa shape index (κ3) is 5.25. The second kappa shape index (κ2) is 9.85. The van der Waals surface area contributed by atoms with E-state index in [1.807, 2.05) is 0 Å². The molecule has 1 rings (SSSR count). The Morgan fingerprint density at radius 1 is 0.500 bits per heavy atom. The van der Waals surface area contributed by atoms with Crippen LogP contribution in [0.3, 0.4) is 0 Å². The van der Waals surface area contributed by atoms with Crippen LogP contribution in [0.15, 0.2) is 73.7 Å². The molecule has 1 heterocycles. The molecule has 6 nitrogen and oxygen atoms in total. The van der Waals surface area contributed by atoms with Gasteiger partial charge in [-0.3, -0.25) is 0 Å². The average molecular weight is 433 g/mol. The molecule has 1 saturated heterocycles. The molecular weight excluding hydrogens is 409 g/mol. The standard InChI is InChI=1S/C12H24O6Si6/c1-7-22(8-2)15-20-13-19-14-21-16-23(9-3,10-4)18-24(11-5,12-6)17-22/h7-12H,1-6,19-21H2. The summed E-state index contributed by atoms with van der Waals surface area (Å²) in [6.07, 6.45) is 0. The molecular formula is C12H24O6Si6. The van der Waals surface area contributed by atoms with E-state index < -0.39 is 55.7 Å². The highest BCUT2D eigenvalue weighted by atomic mass is 28.5. The van der Waals surface area contributed by atoms with E-state index >= 15 is 0 Å². The summed E-state index contributed by atoms with van der Waals surface area (Å²) in [4.78, 5) is 0. The largest absolute Gasteiger partial charge is 0.425 e. The van der Waals surface area contributed by atoms with Crippen LogP contribution < -0.4 is 0 Å². The van der Waals surface area contributed by atoms with E-state index in [-0.39, 0.29) is 0 Å². The van der Waals surface area contributed by atoms with Crippen LogP contribution in [-0.2, 0) is 24.7 Å². The minimum atomic E-state index is -3.10. The molecule has 0 atom stereocenters. The molecule has 12 heteroatoms. The molecule has 0 bridgehead atoms. The topological polar surface area (TPSA) is 55.4 Å². The molecule has 1 aliphatic heterocycles. The first-order valence-corrected chi connectivity index (χ1v) is 16.5. The van der Waals surface area contributed by atoms with E-state index in [9.17, 15) is 0 Å². The van der Waals surface area contributed by atoms with Gasteiger partial charge in [-0.25, -0.2) is 0 Å². The second-order valence-electron chi connectivity index (χ2n) is 4.64.